The van der Waals surface area contributed by atoms with E-state index in [-0.39, 0.29) is 5.78 Å². The summed E-state index contributed by atoms with van der Waals surface area (Å²) in [5.41, 5.74) is 1.39. The summed E-state index contributed by atoms with van der Waals surface area (Å²) in [5, 5.41) is 7.44. The first kappa shape index (κ1) is 7.85. The number of ketones is 1. The summed E-state index contributed by atoms with van der Waals surface area (Å²) in [6.07, 6.45) is 2.06. The quantitative estimate of drug-likeness (QED) is 0.598. The second-order valence-corrected chi connectivity index (χ2v) is 2.31. The SMILES string of the molecule is CCC(=O)c1ccnnc1C. The summed E-state index contributed by atoms with van der Waals surface area (Å²) in [6.45, 7) is 3.62. The molecule has 3 heteroatoms. The third-order valence-corrected chi connectivity index (χ3v) is 1.53. The lowest BCUT2D eigenvalue weighted by atomic mass is 10.1. The number of aryl methyl sites for hydroxylation is 1. The van der Waals surface area contributed by atoms with E-state index in [0.29, 0.717) is 17.7 Å². The zero-order valence-corrected chi connectivity index (χ0v) is 6.66. The van der Waals surface area contributed by atoms with E-state index in [1.807, 2.05) is 6.92 Å². The molecular formula is C8H10N2O. The van der Waals surface area contributed by atoms with Crippen molar-refractivity contribution < 1.29 is 4.79 Å². The zero-order chi connectivity index (χ0) is 8.27. The normalized spacial score (nSPS) is 9.64. The molecule has 0 bridgehead atoms. The molecule has 0 aliphatic rings. The number of carbonyl (C=O) groups excluding carboxylic acids is 1. The Labute approximate surface area is 65.5 Å². The molecule has 0 atom stereocenters. The molecule has 1 rings (SSSR count). The highest BCUT2D eigenvalue weighted by atomic mass is 16.1. The van der Waals surface area contributed by atoms with Crippen molar-refractivity contribution in [2.24, 2.45) is 0 Å². The lowest BCUT2D eigenvalue weighted by molar-refractivity contribution is 0.0987. The molecule has 58 valence electrons. The predicted octanol–water partition coefficient (Wildman–Crippen LogP) is 1.38. The standard InChI is InChI=1S/C8H10N2O/c1-3-8(11)7-4-5-9-10-6(7)2/h4-5H,3H2,1-2H3. The van der Waals surface area contributed by atoms with Crippen LogP contribution >= 0.6 is 0 Å². The molecule has 0 aliphatic heterocycles. The van der Waals surface area contributed by atoms with Gasteiger partial charge in [-0.15, -0.1) is 0 Å². The Morgan fingerprint density at radius 3 is 2.91 bits per heavy atom. The molecule has 0 unspecified atom stereocenters. The molecule has 3 nitrogen and oxygen atoms in total. The minimum Gasteiger partial charge on any atom is -0.294 e. The number of carbonyl (C=O) groups is 1. The van der Waals surface area contributed by atoms with Gasteiger partial charge in [-0.1, -0.05) is 6.92 Å². The van der Waals surface area contributed by atoms with Gasteiger partial charge in [0, 0.05) is 12.0 Å². The molecule has 11 heavy (non-hydrogen) atoms. The number of hydrogen-bond donors (Lipinski definition) is 0. The number of hydrogen-bond acceptors (Lipinski definition) is 3. The molecule has 1 aromatic heterocycles. The van der Waals surface area contributed by atoms with Crippen molar-refractivity contribution in [1.29, 1.82) is 0 Å². The number of nitrogens with zero attached hydrogens (tertiary/aromatic N) is 2. The van der Waals surface area contributed by atoms with Gasteiger partial charge < -0.3 is 0 Å². The Hall–Kier alpha value is -1.25. The molecule has 0 spiro atoms. The second kappa shape index (κ2) is 3.23. The highest BCUT2D eigenvalue weighted by Gasteiger charge is 2.05. The second-order valence-electron chi connectivity index (χ2n) is 2.31. The molecular weight excluding hydrogens is 140 g/mol. The molecule has 0 aliphatic carbocycles. The summed E-state index contributed by atoms with van der Waals surface area (Å²) in [6, 6.07) is 1.70. The van der Waals surface area contributed by atoms with Gasteiger partial charge in [0.2, 0.25) is 0 Å². The molecule has 0 saturated heterocycles. The van der Waals surface area contributed by atoms with Crippen LogP contribution in [0.3, 0.4) is 0 Å². The fourth-order valence-electron chi connectivity index (χ4n) is 0.887. The van der Waals surface area contributed by atoms with Gasteiger partial charge in [0.1, 0.15) is 0 Å². The first-order valence-corrected chi connectivity index (χ1v) is 3.57. The monoisotopic (exact) mass is 150 g/mol. The van der Waals surface area contributed by atoms with Crippen LogP contribution in [0.15, 0.2) is 12.3 Å². The zero-order valence-electron chi connectivity index (χ0n) is 6.66. The van der Waals surface area contributed by atoms with Crippen molar-refractivity contribution in [1.82, 2.24) is 10.2 Å². The van der Waals surface area contributed by atoms with Gasteiger partial charge in [0.05, 0.1) is 11.9 Å². The van der Waals surface area contributed by atoms with Crippen LogP contribution < -0.4 is 0 Å². The fourth-order valence-corrected chi connectivity index (χ4v) is 0.887. The number of Topliss-reactive ketones (excluding diaryl/α,β-unsaturated/α-hetero) is 1. The molecule has 0 radical (unpaired) electrons. The van der Waals surface area contributed by atoms with Crippen LogP contribution in [-0.2, 0) is 0 Å². The van der Waals surface area contributed by atoms with Gasteiger partial charge in [-0.2, -0.15) is 10.2 Å². The highest BCUT2D eigenvalue weighted by molar-refractivity contribution is 5.96. The number of rotatable bonds is 2. The predicted molar refractivity (Wildman–Crippen MR) is 41.4 cm³/mol. The van der Waals surface area contributed by atoms with Gasteiger partial charge in [-0.3, -0.25) is 4.79 Å². The van der Waals surface area contributed by atoms with Gasteiger partial charge in [-0.25, -0.2) is 0 Å². The van der Waals surface area contributed by atoms with E-state index in [1.165, 1.54) is 6.20 Å². The molecule has 1 heterocycles. The van der Waals surface area contributed by atoms with Crippen LogP contribution in [0, 0.1) is 6.92 Å². The molecule has 1 aromatic rings. The summed E-state index contributed by atoms with van der Waals surface area (Å²) < 4.78 is 0. The maximum absolute atomic E-state index is 11.2. The maximum atomic E-state index is 11.2. The van der Waals surface area contributed by atoms with Gasteiger partial charge in [-0.05, 0) is 13.0 Å². The van der Waals surface area contributed by atoms with Crippen molar-refractivity contribution in [3.05, 3.63) is 23.5 Å². The fraction of sp³-hybridized carbons (Fsp3) is 0.375. The molecule has 0 fully saturated rings. The summed E-state index contributed by atoms with van der Waals surface area (Å²) in [5.74, 6) is 0.123. The smallest absolute Gasteiger partial charge is 0.164 e. The average molecular weight is 150 g/mol. The van der Waals surface area contributed by atoms with Crippen LogP contribution in [0.1, 0.15) is 29.4 Å². The summed E-state index contributed by atoms with van der Waals surface area (Å²) in [4.78, 5) is 11.2. The van der Waals surface area contributed by atoms with Crippen LogP contribution in [0.2, 0.25) is 0 Å². The van der Waals surface area contributed by atoms with Gasteiger partial charge in [0.25, 0.3) is 0 Å². The van der Waals surface area contributed by atoms with E-state index in [2.05, 4.69) is 10.2 Å². The van der Waals surface area contributed by atoms with E-state index in [0.717, 1.165) is 0 Å². The van der Waals surface area contributed by atoms with Crippen LogP contribution in [0.25, 0.3) is 0 Å². The van der Waals surface area contributed by atoms with Crippen LogP contribution in [0.4, 0.5) is 0 Å². The Kier molecular flexibility index (Phi) is 2.31. The van der Waals surface area contributed by atoms with Crippen LogP contribution in [-0.4, -0.2) is 16.0 Å². The van der Waals surface area contributed by atoms with Crippen molar-refractivity contribution in [3.63, 3.8) is 0 Å². The molecule has 0 N–H and O–H groups in total. The Bertz CT molecular complexity index is 271. The Morgan fingerprint density at radius 2 is 2.36 bits per heavy atom. The summed E-state index contributed by atoms with van der Waals surface area (Å²) in [7, 11) is 0. The third-order valence-electron chi connectivity index (χ3n) is 1.53. The Morgan fingerprint density at radius 1 is 1.64 bits per heavy atom. The molecule has 0 saturated carbocycles. The minimum atomic E-state index is 0.123. The van der Waals surface area contributed by atoms with E-state index in [4.69, 9.17) is 0 Å². The van der Waals surface area contributed by atoms with Gasteiger partial charge >= 0.3 is 0 Å². The van der Waals surface area contributed by atoms with E-state index >= 15 is 0 Å². The van der Waals surface area contributed by atoms with Crippen molar-refractivity contribution in [2.75, 3.05) is 0 Å². The van der Waals surface area contributed by atoms with Crippen molar-refractivity contribution in [2.45, 2.75) is 20.3 Å². The first-order chi connectivity index (χ1) is 5.25. The maximum Gasteiger partial charge on any atom is 0.164 e. The van der Waals surface area contributed by atoms with E-state index < -0.39 is 0 Å². The Balaban J connectivity index is 3.03. The van der Waals surface area contributed by atoms with Crippen molar-refractivity contribution >= 4 is 5.78 Å². The van der Waals surface area contributed by atoms with Crippen molar-refractivity contribution in [3.8, 4) is 0 Å². The van der Waals surface area contributed by atoms with Crippen LogP contribution in [0.5, 0.6) is 0 Å². The minimum absolute atomic E-state index is 0.123. The summed E-state index contributed by atoms with van der Waals surface area (Å²) >= 11 is 0. The first-order valence-electron chi connectivity index (χ1n) is 3.57. The largest absolute Gasteiger partial charge is 0.294 e. The van der Waals surface area contributed by atoms with E-state index in [9.17, 15) is 4.79 Å². The topological polar surface area (TPSA) is 42.9 Å². The van der Waals surface area contributed by atoms with Gasteiger partial charge in [0.15, 0.2) is 5.78 Å². The lowest BCUT2D eigenvalue weighted by Gasteiger charge is -1.98. The number of aromatic nitrogens is 2. The lowest BCUT2D eigenvalue weighted by Crippen LogP contribution is -2.01. The molecule has 0 amide bonds. The highest BCUT2D eigenvalue weighted by Crippen LogP contribution is 2.04. The molecule has 0 aromatic carbocycles. The average Bonchev–Trinajstić information content (AvgIpc) is 2.04. The third kappa shape index (κ3) is 1.61. The van der Waals surface area contributed by atoms with E-state index in [1.54, 1.807) is 13.0 Å².